The molecule has 2 amide bonds. The zero-order valence-corrected chi connectivity index (χ0v) is 21.0. The van der Waals surface area contributed by atoms with Crippen LogP contribution in [0.1, 0.15) is 67.6 Å². The van der Waals surface area contributed by atoms with Crippen molar-refractivity contribution in [1.29, 1.82) is 0 Å². The van der Waals surface area contributed by atoms with E-state index in [0.717, 1.165) is 36.2 Å². The van der Waals surface area contributed by atoms with Crippen molar-refractivity contribution >= 4 is 23.2 Å². The number of methoxy groups -OCH3 is 1. The number of amides is 2. The number of unbranched alkanes of at least 4 members (excludes halogenated alkanes) is 1. The largest absolute Gasteiger partial charge is 0.497 e. The number of ether oxygens (including phenoxy) is 1. The molecule has 5 heteroatoms. The Morgan fingerprint density at radius 1 is 1.00 bits per heavy atom. The summed E-state index contributed by atoms with van der Waals surface area (Å²) in [5, 5.41) is 0. The van der Waals surface area contributed by atoms with Crippen LogP contribution in [0.3, 0.4) is 0 Å². The van der Waals surface area contributed by atoms with Gasteiger partial charge in [-0.1, -0.05) is 43.7 Å². The van der Waals surface area contributed by atoms with Crippen molar-refractivity contribution in [3.05, 3.63) is 89.5 Å². The molecule has 0 spiro atoms. The molecular formula is C30H34N2O3. The number of anilines is 2. The van der Waals surface area contributed by atoms with E-state index in [1.165, 1.54) is 5.56 Å². The second kappa shape index (κ2) is 10.8. The van der Waals surface area contributed by atoms with Crippen LogP contribution in [0.5, 0.6) is 5.75 Å². The number of nitrogens with zero attached hydrogens (tertiary/aromatic N) is 2. The van der Waals surface area contributed by atoms with Gasteiger partial charge < -0.3 is 14.5 Å². The third kappa shape index (κ3) is 5.09. The molecule has 1 aliphatic rings. The Labute approximate surface area is 208 Å². The lowest BCUT2D eigenvalue weighted by Gasteiger charge is -2.43. The maximum absolute atomic E-state index is 13.6. The quantitative estimate of drug-likeness (QED) is 0.392. The molecule has 5 nitrogen and oxygen atoms in total. The van der Waals surface area contributed by atoms with E-state index in [2.05, 4.69) is 38.1 Å². The van der Waals surface area contributed by atoms with Crippen LogP contribution in [0, 0.1) is 0 Å². The van der Waals surface area contributed by atoms with Crippen molar-refractivity contribution in [3.63, 3.8) is 0 Å². The summed E-state index contributed by atoms with van der Waals surface area (Å²) in [5.41, 5.74) is 4.62. The lowest BCUT2D eigenvalue weighted by atomic mass is 9.89. The van der Waals surface area contributed by atoms with E-state index in [-0.39, 0.29) is 23.9 Å². The minimum absolute atomic E-state index is 0.00626. The highest BCUT2D eigenvalue weighted by atomic mass is 16.5. The zero-order chi connectivity index (χ0) is 24.9. The third-order valence-corrected chi connectivity index (χ3v) is 6.80. The molecule has 1 heterocycles. The van der Waals surface area contributed by atoms with Gasteiger partial charge in [-0.2, -0.15) is 0 Å². The van der Waals surface area contributed by atoms with Crippen LogP contribution in [-0.4, -0.2) is 25.0 Å². The van der Waals surface area contributed by atoms with Crippen molar-refractivity contribution in [1.82, 2.24) is 0 Å². The zero-order valence-electron chi connectivity index (χ0n) is 21.0. The number of benzene rings is 3. The second-order valence-corrected chi connectivity index (χ2v) is 9.22. The summed E-state index contributed by atoms with van der Waals surface area (Å²) in [6.45, 7) is 5.86. The van der Waals surface area contributed by atoms with E-state index in [1.807, 2.05) is 34.1 Å². The van der Waals surface area contributed by atoms with E-state index >= 15 is 0 Å². The Balaban J connectivity index is 1.69. The van der Waals surface area contributed by atoms with E-state index < -0.39 is 0 Å². The Bertz CT molecular complexity index is 1170. The van der Waals surface area contributed by atoms with Gasteiger partial charge in [0.15, 0.2) is 0 Å². The van der Waals surface area contributed by atoms with Gasteiger partial charge in [0, 0.05) is 29.9 Å². The standard InChI is InChI=1S/C30H34N2O3/c1-5-6-9-23-12-16-25(17-13-23)32(22(3)33)29-20-21(2)31(28-11-8-7-10-27(28)29)30(34)24-14-18-26(35-4)19-15-24/h7-8,10-19,21,29H,5-6,9,20H2,1-4H3/t21-,29+/m0/s1. The molecule has 0 saturated carbocycles. The van der Waals surface area contributed by atoms with Crippen LogP contribution in [0.4, 0.5) is 11.4 Å². The Hall–Kier alpha value is -3.60. The van der Waals surface area contributed by atoms with Gasteiger partial charge in [0.2, 0.25) is 5.91 Å². The predicted molar refractivity (Wildman–Crippen MR) is 141 cm³/mol. The average molecular weight is 471 g/mol. The summed E-state index contributed by atoms with van der Waals surface area (Å²) in [6, 6.07) is 23.2. The highest BCUT2D eigenvalue weighted by molar-refractivity contribution is 6.07. The fourth-order valence-corrected chi connectivity index (χ4v) is 4.99. The van der Waals surface area contributed by atoms with Crippen LogP contribution in [0.25, 0.3) is 0 Å². The molecule has 35 heavy (non-hydrogen) atoms. The lowest BCUT2D eigenvalue weighted by molar-refractivity contribution is -0.117. The van der Waals surface area contributed by atoms with Crippen LogP contribution >= 0.6 is 0 Å². The first kappa shape index (κ1) is 24.5. The maximum Gasteiger partial charge on any atom is 0.258 e. The molecule has 3 aromatic rings. The van der Waals surface area contributed by atoms with Crippen molar-refractivity contribution in [2.24, 2.45) is 0 Å². The highest BCUT2D eigenvalue weighted by Crippen LogP contribution is 2.42. The van der Waals surface area contributed by atoms with Gasteiger partial charge >= 0.3 is 0 Å². The summed E-state index contributed by atoms with van der Waals surface area (Å²) in [6.07, 6.45) is 4.00. The molecule has 0 aliphatic carbocycles. The first-order chi connectivity index (χ1) is 16.9. The summed E-state index contributed by atoms with van der Waals surface area (Å²) < 4.78 is 5.24. The number of rotatable bonds is 7. The van der Waals surface area contributed by atoms with Gasteiger partial charge in [0.25, 0.3) is 5.91 Å². The summed E-state index contributed by atoms with van der Waals surface area (Å²) in [7, 11) is 1.61. The van der Waals surface area contributed by atoms with Crippen molar-refractivity contribution < 1.29 is 14.3 Å². The van der Waals surface area contributed by atoms with Gasteiger partial charge in [0.05, 0.1) is 13.2 Å². The molecule has 0 unspecified atom stereocenters. The first-order valence-electron chi connectivity index (χ1n) is 12.4. The third-order valence-electron chi connectivity index (χ3n) is 6.80. The minimum Gasteiger partial charge on any atom is -0.497 e. The molecular weight excluding hydrogens is 436 g/mol. The second-order valence-electron chi connectivity index (χ2n) is 9.22. The molecule has 4 rings (SSSR count). The monoisotopic (exact) mass is 470 g/mol. The number of carbonyl (C=O) groups excluding carboxylic acids is 2. The normalized spacial score (nSPS) is 17.0. The van der Waals surface area contributed by atoms with Gasteiger partial charge in [-0.05, 0) is 79.8 Å². The predicted octanol–water partition coefficient (Wildman–Crippen LogP) is 6.57. The lowest BCUT2D eigenvalue weighted by Crippen LogP contribution is -2.47. The highest BCUT2D eigenvalue weighted by Gasteiger charge is 2.38. The molecule has 2 atom stereocenters. The van der Waals surface area contributed by atoms with Crippen LogP contribution < -0.4 is 14.5 Å². The molecule has 1 aliphatic heterocycles. The fourth-order valence-electron chi connectivity index (χ4n) is 4.99. The average Bonchev–Trinajstić information content (AvgIpc) is 2.88. The number of para-hydroxylation sites is 1. The van der Waals surface area contributed by atoms with Gasteiger partial charge in [-0.3, -0.25) is 9.59 Å². The van der Waals surface area contributed by atoms with Crippen LogP contribution in [-0.2, 0) is 11.2 Å². The Kier molecular flexibility index (Phi) is 7.54. The van der Waals surface area contributed by atoms with Gasteiger partial charge in [-0.25, -0.2) is 0 Å². The number of hydrogen-bond donors (Lipinski definition) is 0. The molecule has 0 radical (unpaired) electrons. The number of hydrogen-bond acceptors (Lipinski definition) is 3. The maximum atomic E-state index is 13.6. The number of carbonyl (C=O) groups is 2. The smallest absolute Gasteiger partial charge is 0.258 e. The van der Waals surface area contributed by atoms with E-state index in [1.54, 1.807) is 38.3 Å². The summed E-state index contributed by atoms with van der Waals surface area (Å²) >= 11 is 0. The van der Waals surface area contributed by atoms with Crippen LogP contribution in [0.2, 0.25) is 0 Å². The van der Waals surface area contributed by atoms with Crippen molar-refractivity contribution in [2.45, 2.75) is 58.5 Å². The van der Waals surface area contributed by atoms with E-state index in [4.69, 9.17) is 4.74 Å². The minimum atomic E-state index is -0.153. The molecule has 0 fully saturated rings. The summed E-state index contributed by atoms with van der Waals surface area (Å²) in [5.74, 6) is 0.653. The van der Waals surface area contributed by atoms with Crippen molar-refractivity contribution in [2.75, 3.05) is 16.9 Å². The van der Waals surface area contributed by atoms with Gasteiger partial charge in [-0.15, -0.1) is 0 Å². The van der Waals surface area contributed by atoms with Gasteiger partial charge in [0.1, 0.15) is 5.75 Å². The molecule has 0 aromatic heterocycles. The van der Waals surface area contributed by atoms with Crippen molar-refractivity contribution in [3.8, 4) is 5.75 Å². The number of fused-ring (bicyclic) bond motifs is 1. The first-order valence-corrected chi connectivity index (χ1v) is 12.4. The van der Waals surface area contributed by atoms with E-state index in [9.17, 15) is 9.59 Å². The van der Waals surface area contributed by atoms with E-state index in [0.29, 0.717) is 17.7 Å². The molecule has 182 valence electrons. The number of aryl methyl sites for hydroxylation is 1. The fraction of sp³-hybridized carbons (Fsp3) is 0.333. The van der Waals surface area contributed by atoms with Crippen LogP contribution in [0.15, 0.2) is 72.8 Å². The summed E-state index contributed by atoms with van der Waals surface area (Å²) in [4.78, 5) is 30.3. The molecule has 3 aromatic carbocycles. The Morgan fingerprint density at radius 2 is 1.69 bits per heavy atom. The topological polar surface area (TPSA) is 49.9 Å². The molecule has 0 bridgehead atoms. The molecule has 0 saturated heterocycles. The SMILES string of the molecule is CCCCc1ccc(N(C(C)=O)[C@@H]2C[C@H](C)N(C(=O)c3ccc(OC)cc3)c3ccccc32)cc1. The Morgan fingerprint density at radius 3 is 2.31 bits per heavy atom. The molecule has 0 N–H and O–H groups in total.